The molecule has 0 aliphatic carbocycles. The minimum atomic E-state index is -3.44. The van der Waals surface area contributed by atoms with Gasteiger partial charge in [-0.1, -0.05) is 29.8 Å². The lowest BCUT2D eigenvalue weighted by Crippen LogP contribution is -2.42. The molecule has 3 rings (SSSR count). The zero-order chi connectivity index (χ0) is 20.9. The van der Waals surface area contributed by atoms with Crippen LogP contribution in [0.25, 0.3) is 0 Å². The number of rotatable bonds is 7. The highest BCUT2D eigenvalue weighted by atomic mass is 32.2. The maximum absolute atomic E-state index is 12.8. The first kappa shape index (κ1) is 21.1. The van der Waals surface area contributed by atoms with Gasteiger partial charge in [-0.05, 0) is 56.0 Å². The molecule has 1 heterocycles. The predicted molar refractivity (Wildman–Crippen MR) is 113 cm³/mol. The Balaban J connectivity index is 1.50. The van der Waals surface area contributed by atoms with Gasteiger partial charge in [-0.15, -0.1) is 0 Å². The number of carbonyl (C=O) groups is 1. The topological polar surface area (TPSA) is 98.7 Å². The molecule has 1 amide bonds. The van der Waals surface area contributed by atoms with Crippen LogP contribution in [-0.4, -0.2) is 49.6 Å². The van der Waals surface area contributed by atoms with Crippen LogP contribution in [0.3, 0.4) is 0 Å². The Morgan fingerprint density at radius 1 is 1.07 bits per heavy atom. The third-order valence-electron chi connectivity index (χ3n) is 5.13. The van der Waals surface area contributed by atoms with Crippen molar-refractivity contribution in [2.45, 2.75) is 37.1 Å². The number of carboxylic acid groups (broad SMARTS) is 1. The van der Waals surface area contributed by atoms with Crippen molar-refractivity contribution in [2.75, 3.05) is 25.0 Å². The fraction of sp³-hybridized carbons (Fsp3) is 0.381. The predicted octanol–water partition coefficient (Wildman–Crippen LogP) is 3.07. The molecule has 1 saturated heterocycles. The second-order valence-electron chi connectivity index (χ2n) is 7.31. The van der Waals surface area contributed by atoms with Crippen LogP contribution in [-0.2, 0) is 16.4 Å². The van der Waals surface area contributed by atoms with Crippen LogP contribution in [0.2, 0.25) is 0 Å². The standard InChI is InChI=1S/C21H27N3O4S/c1-16-2-8-20(9-3-16)29(27,28)24-14-11-19(12-15-24)23-18-6-4-17(5-7-18)10-13-22-21(25)26/h2-9,19,22-23H,10-15H2,1H3,(H,25,26). The number of piperidine rings is 1. The molecular weight excluding hydrogens is 390 g/mol. The quantitative estimate of drug-likeness (QED) is 0.643. The fourth-order valence-electron chi connectivity index (χ4n) is 3.42. The van der Waals surface area contributed by atoms with Crippen molar-refractivity contribution in [2.24, 2.45) is 0 Å². The van der Waals surface area contributed by atoms with E-state index in [2.05, 4.69) is 10.6 Å². The molecule has 0 saturated carbocycles. The summed E-state index contributed by atoms with van der Waals surface area (Å²) in [4.78, 5) is 10.8. The molecule has 2 aromatic carbocycles. The van der Waals surface area contributed by atoms with Crippen LogP contribution in [0, 0.1) is 6.92 Å². The lowest BCUT2D eigenvalue weighted by molar-refractivity contribution is 0.194. The summed E-state index contributed by atoms with van der Waals surface area (Å²) in [6, 6.07) is 15.1. The largest absolute Gasteiger partial charge is 0.465 e. The highest BCUT2D eigenvalue weighted by Gasteiger charge is 2.29. The van der Waals surface area contributed by atoms with Crippen molar-refractivity contribution in [1.82, 2.24) is 9.62 Å². The molecule has 7 nitrogen and oxygen atoms in total. The van der Waals surface area contributed by atoms with Crippen LogP contribution >= 0.6 is 0 Å². The van der Waals surface area contributed by atoms with E-state index in [9.17, 15) is 13.2 Å². The maximum atomic E-state index is 12.8. The van der Waals surface area contributed by atoms with Crippen LogP contribution in [0.4, 0.5) is 10.5 Å². The Kier molecular flexibility index (Phi) is 6.76. The van der Waals surface area contributed by atoms with Gasteiger partial charge in [0, 0.05) is 31.4 Å². The molecule has 8 heteroatoms. The van der Waals surface area contributed by atoms with E-state index < -0.39 is 16.1 Å². The highest BCUT2D eigenvalue weighted by molar-refractivity contribution is 7.89. The minimum absolute atomic E-state index is 0.221. The van der Waals surface area contributed by atoms with Gasteiger partial charge in [0.05, 0.1) is 4.90 Å². The first-order valence-corrected chi connectivity index (χ1v) is 11.2. The van der Waals surface area contributed by atoms with E-state index in [1.54, 1.807) is 16.4 Å². The van der Waals surface area contributed by atoms with Crippen molar-refractivity contribution in [3.63, 3.8) is 0 Å². The maximum Gasteiger partial charge on any atom is 0.404 e. The molecule has 2 aromatic rings. The molecular formula is C21H27N3O4S. The lowest BCUT2D eigenvalue weighted by Gasteiger charge is -2.32. The van der Waals surface area contributed by atoms with E-state index in [1.807, 2.05) is 43.3 Å². The van der Waals surface area contributed by atoms with Crippen LogP contribution in [0.1, 0.15) is 24.0 Å². The van der Waals surface area contributed by atoms with Crippen LogP contribution < -0.4 is 10.6 Å². The van der Waals surface area contributed by atoms with Crippen molar-refractivity contribution < 1.29 is 18.3 Å². The normalized spacial score (nSPS) is 15.8. The van der Waals surface area contributed by atoms with Gasteiger partial charge >= 0.3 is 6.09 Å². The number of anilines is 1. The molecule has 1 aliphatic rings. The number of benzene rings is 2. The SMILES string of the molecule is Cc1ccc(S(=O)(=O)N2CCC(Nc3ccc(CCNC(=O)O)cc3)CC2)cc1. The summed E-state index contributed by atoms with van der Waals surface area (Å²) < 4.78 is 27.2. The van der Waals surface area contributed by atoms with Crippen molar-refractivity contribution in [1.29, 1.82) is 0 Å². The molecule has 29 heavy (non-hydrogen) atoms. The third-order valence-corrected chi connectivity index (χ3v) is 7.04. The second-order valence-corrected chi connectivity index (χ2v) is 9.25. The lowest BCUT2D eigenvalue weighted by atomic mass is 10.1. The van der Waals surface area contributed by atoms with Crippen molar-refractivity contribution in [3.8, 4) is 0 Å². The highest BCUT2D eigenvalue weighted by Crippen LogP contribution is 2.23. The van der Waals surface area contributed by atoms with Gasteiger partial charge in [-0.2, -0.15) is 4.31 Å². The number of hydrogen-bond donors (Lipinski definition) is 3. The molecule has 0 spiro atoms. The van der Waals surface area contributed by atoms with Gasteiger partial charge in [-0.3, -0.25) is 0 Å². The summed E-state index contributed by atoms with van der Waals surface area (Å²) in [7, 11) is -3.44. The molecule has 1 aliphatic heterocycles. The number of aryl methyl sites for hydroxylation is 1. The van der Waals surface area contributed by atoms with Gasteiger partial charge in [0.1, 0.15) is 0 Å². The van der Waals surface area contributed by atoms with E-state index in [0.29, 0.717) is 31.0 Å². The van der Waals surface area contributed by atoms with E-state index in [4.69, 9.17) is 5.11 Å². The molecule has 0 unspecified atom stereocenters. The monoisotopic (exact) mass is 417 g/mol. The summed E-state index contributed by atoms with van der Waals surface area (Å²) in [5.74, 6) is 0. The van der Waals surface area contributed by atoms with E-state index in [-0.39, 0.29) is 6.04 Å². The number of amides is 1. The number of hydrogen-bond acceptors (Lipinski definition) is 4. The first-order chi connectivity index (χ1) is 13.8. The summed E-state index contributed by atoms with van der Waals surface area (Å²) in [6.07, 6.45) is 1.12. The molecule has 1 fully saturated rings. The fourth-order valence-corrected chi connectivity index (χ4v) is 4.89. The Labute approximate surface area is 171 Å². The van der Waals surface area contributed by atoms with Gasteiger partial charge < -0.3 is 15.7 Å². The average Bonchev–Trinajstić information content (AvgIpc) is 2.70. The summed E-state index contributed by atoms with van der Waals surface area (Å²) in [5.41, 5.74) is 3.08. The van der Waals surface area contributed by atoms with Crippen LogP contribution in [0.5, 0.6) is 0 Å². The number of nitrogens with one attached hydrogen (secondary N) is 2. The Morgan fingerprint density at radius 2 is 1.69 bits per heavy atom. The molecule has 0 radical (unpaired) electrons. The third kappa shape index (κ3) is 5.71. The second kappa shape index (κ2) is 9.28. The van der Waals surface area contributed by atoms with Gasteiger partial charge in [0.25, 0.3) is 0 Å². The Bertz CT molecular complexity index is 919. The van der Waals surface area contributed by atoms with Crippen molar-refractivity contribution >= 4 is 21.8 Å². The van der Waals surface area contributed by atoms with E-state index in [1.165, 1.54) is 0 Å². The zero-order valence-corrected chi connectivity index (χ0v) is 17.3. The summed E-state index contributed by atoms with van der Waals surface area (Å²) in [6.45, 7) is 3.31. The zero-order valence-electron chi connectivity index (χ0n) is 16.5. The molecule has 156 valence electrons. The van der Waals surface area contributed by atoms with E-state index in [0.717, 1.165) is 29.7 Å². The molecule has 0 atom stereocenters. The van der Waals surface area contributed by atoms with Gasteiger partial charge in [0.15, 0.2) is 0 Å². The molecule has 0 aromatic heterocycles. The molecule has 3 N–H and O–H groups in total. The first-order valence-electron chi connectivity index (χ1n) is 9.74. The Morgan fingerprint density at radius 3 is 2.28 bits per heavy atom. The molecule has 0 bridgehead atoms. The van der Waals surface area contributed by atoms with E-state index >= 15 is 0 Å². The van der Waals surface area contributed by atoms with Gasteiger partial charge in [-0.25, -0.2) is 13.2 Å². The Hall–Kier alpha value is -2.58. The van der Waals surface area contributed by atoms with Gasteiger partial charge in [0.2, 0.25) is 10.0 Å². The summed E-state index contributed by atoms with van der Waals surface area (Å²) >= 11 is 0. The van der Waals surface area contributed by atoms with Crippen LogP contribution in [0.15, 0.2) is 53.4 Å². The average molecular weight is 418 g/mol. The minimum Gasteiger partial charge on any atom is -0.465 e. The number of nitrogens with zero attached hydrogens (tertiary/aromatic N) is 1. The summed E-state index contributed by atoms with van der Waals surface area (Å²) in [5, 5.41) is 14.4. The smallest absolute Gasteiger partial charge is 0.404 e. The number of sulfonamides is 1. The van der Waals surface area contributed by atoms with Crippen molar-refractivity contribution in [3.05, 3.63) is 59.7 Å².